The first kappa shape index (κ1) is 16.7. The van der Waals surface area contributed by atoms with Gasteiger partial charge in [0.15, 0.2) is 0 Å². The van der Waals surface area contributed by atoms with Crippen LogP contribution >= 0.6 is 0 Å². The molecule has 24 heavy (non-hydrogen) atoms. The summed E-state index contributed by atoms with van der Waals surface area (Å²) in [5.74, 6) is 0.730. The lowest BCUT2D eigenvalue weighted by Crippen LogP contribution is -2.40. The summed E-state index contributed by atoms with van der Waals surface area (Å²) in [6, 6.07) is 4.05. The van der Waals surface area contributed by atoms with Gasteiger partial charge in [-0.25, -0.2) is 0 Å². The highest BCUT2D eigenvalue weighted by Crippen LogP contribution is 2.27. The minimum absolute atomic E-state index is 0.0909. The molecule has 1 atom stereocenters. The fourth-order valence-electron chi connectivity index (χ4n) is 3.35. The number of piperidine rings is 1. The van der Waals surface area contributed by atoms with Gasteiger partial charge in [0.05, 0.1) is 11.4 Å². The zero-order chi connectivity index (χ0) is 17.3. The Morgan fingerprint density at radius 3 is 2.83 bits per heavy atom. The van der Waals surface area contributed by atoms with E-state index in [0.29, 0.717) is 24.1 Å². The number of aromatic nitrogens is 4. The van der Waals surface area contributed by atoms with Gasteiger partial charge in [-0.1, -0.05) is 13.8 Å². The van der Waals surface area contributed by atoms with Crippen molar-refractivity contribution in [3.63, 3.8) is 0 Å². The number of nitrogens with zero attached hydrogens (tertiary/aromatic N) is 4. The molecule has 1 N–H and O–H groups in total. The summed E-state index contributed by atoms with van der Waals surface area (Å²) in [4.78, 5) is 15.0. The molecule has 3 rings (SSSR count). The first-order valence-corrected chi connectivity index (χ1v) is 8.88. The molecule has 6 nitrogen and oxygen atoms in total. The van der Waals surface area contributed by atoms with Crippen molar-refractivity contribution >= 4 is 5.91 Å². The molecule has 0 aromatic carbocycles. The van der Waals surface area contributed by atoms with E-state index in [-0.39, 0.29) is 5.91 Å². The number of carbonyl (C=O) groups is 1. The second-order valence-corrected chi connectivity index (χ2v) is 6.99. The van der Waals surface area contributed by atoms with Crippen molar-refractivity contribution in [1.29, 1.82) is 0 Å². The fourth-order valence-corrected chi connectivity index (χ4v) is 3.35. The van der Waals surface area contributed by atoms with Crippen molar-refractivity contribution in [3.8, 4) is 0 Å². The van der Waals surface area contributed by atoms with E-state index in [1.807, 2.05) is 29.5 Å². The average molecular weight is 329 g/mol. The standard InChI is InChI=1S/C18H27N5O/c1-5-23-17(10-15(21-23)12(2)3)18(24)22-8-6-7-14(11-22)16-9-13(4)19-20-16/h9-10,12,14H,5-8,11H2,1-4H3,(H,19,20)/t14-/m1/s1. The lowest BCUT2D eigenvalue weighted by molar-refractivity contribution is 0.0693. The van der Waals surface area contributed by atoms with Gasteiger partial charge >= 0.3 is 0 Å². The molecule has 1 fully saturated rings. The number of H-pyrrole nitrogens is 1. The van der Waals surface area contributed by atoms with Crippen LogP contribution in [0, 0.1) is 6.92 Å². The molecule has 1 aliphatic heterocycles. The Morgan fingerprint density at radius 2 is 2.21 bits per heavy atom. The molecule has 1 aliphatic rings. The van der Waals surface area contributed by atoms with Crippen molar-refractivity contribution < 1.29 is 4.79 Å². The number of nitrogens with one attached hydrogen (secondary N) is 1. The molecule has 0 saturated carbocycles. The summed E-state index contributed by atoms with van der Waals surface area (Å²) < 4.78 is 1.83. The maximum absolute atomic E-state index is 13.0. The molecule has 3 heterocycles. The smallest absolute Gasteiger partial charge is 0.272 e. The lowest BCUT2D eigenvalue weighted by atomic mass is 9.94. The van der Waals surface area contributed by atoms with Gasteiger partial charge in [0.1, 0.15) is 5.69 Å². The van der Waals surface area contributed by atoms with Crippen LogP contribution in [0.15, 0.2) is 12.1 Å². The molecule has 6 heteroatoms. The van der Waals surface area contributed by atoms with Crippen molar-refractivity contribution in [1.82, 2.24) is 24.9 Å². The number of carbonyl (C=O) groups excluding carboxylic acids is 1. The summed E-state index contributed by atoms with van der Waals surface area (Å²) in [6.07, 6.45) is 2.10. The average Bonchev–Trinajstić information content (AvgIpc) is 3.20. The van der Waals surface area contributed by atoms with Crippen LogP contribution in [0.2, 0.25) is 0 Å². The topological polar surface area (TPSA) is 66.8 Å². The van der Waals surface area contributed by atoms with E-state index in [0.717, 1.165) is 43.0 Å². The molecule has 0 radical (unpaired) electrons. The Morgan fingerprint density at radius 1 is 1.42 bits per heavy atom. The van der Waals surface area contributed by atoms with E-state index >= 15 is 0 Å². The predicted octanol–water partition coefficient (Wildman–Crippen LogP) is 3.08. The Hall–Kier alpha value is -2.11. The molecule has 1 saturated heterocycles. The highest BCUT2D eigenvalue weighted by molar-refractivity contribution is 5.92. The third-order valence-corrected chi connectivity index (χ3v) is 4.76. The molecule has 130 valence electrons. The molecule has 1 amide bonds. The Kier molecular flexibility index (Phi) is 4.73. The monoisotopic (exact) mass is 329 g/mol. The molecular weight excluding hydrogens is 302 g/mol. The number of hydrogen-bond donors (Lipinski definition) is 1. The zero-order valence-electron chi connectivity index (χ0n) is 15.0. The summed E-state index contributed by atoms with van der Waals surface area (Å²) >= 11 is 0. The highest BCUT2D eigenvalue weighted by Gasteiger charge is 2.29. The third kappa shape index (κ3) is 3.23. The van der Waals surface area contributed by atoms with Crippen LogP contribution in [-0.2, 0) is 6.54 Å². The van der Waals surface area contributed by atoms with Gasteiger partial charge in [-0.3, -0.25) is 14.6 Å². The Balaban J connectivity index is 1.79. The second kappa shape index (κ2) is 6.79. The van der Waals surface area contributed by atoms with Gasteiger partial charge in [-0.15, -0.1) is 0 Å². The molecule has 0 bridgehead atoms. The van der Waals surface area contributed by atoms with Crippen molar-refractivity contribution in [3.05, 3.63) is 34.9 Å². The molecule has 2 aromatic rings. The Labute approximate surface area is 143 Å². The van der Waals surface area contributed by atoms with Crippen LogP contribution in [0.1, 0.15) is 73.0 Å². The van der Waals surface area contributed by atoms with Gasteiger partial charge in [0.25, 0.3) is 5.91 Å². The molecule has 0 spiro atoms. The molecule has 0 aliphatic carbocycles. The number of rotatable bonds is 4. The van der Waals surface area contributed by atoms with E-state index in [9.17, 15) is 4.79 Å². The number of likely N-dealkylation sites (tertiary alicyclic amines) is 1. The maximum Gasteiger partial charge on any atom is 0.272 e. The van der Waals surface area contributed by atoms with Crippen LogP contribution in [0.4, 0.5) is 0 Å². The lowest BCUT2D eigenvalue weighted by Gasteiger charge is -2.32. The number of hydrogen-bond acceptors (Lipinski definition) is 3. The van der Waals surface area contributed by atoms with Gasteiger partial charge < -0.3 is 4.90 Å². The molecular formula is C18H27N5O. The van der Waals surface area contributed by atoms with Crippen LogP contribution < -0.4 is 0 Å². The van der Waals surface area contributed by atoms with Gasteiger partial charge in [0.2, 0.25) is 0 Å². The predicted molar refractivity (Wildman–Crippen MR) is 93.2 cm³/mol. The third-order valence-electron chi connectivity index (χ3n) is 4.76. The summed E-state index contributed by atoms with van der Waals surface area (Å²) in [5.41, 5.74) is 3.83. The molecule has 2 aromatic heterocycles. The largest absolute Gasteiger partial charge is 0.337 e. The van der Waals surface area contributed by atoms with Crippen molar-refractivity contribution in [2.45, 2.75) is 58.9 Å². The van der Waals surface area contributed by atoms with Crippen LogP contribution in [0.5, 0.6) is 0 Å². The van der Waals surface area contributed by atoms with Crippen molar-refractivity contribution in [2.24, 2.45) is 0 Å². The van der Waals surface area contributed by atoms with E-state index in [4.69, 9.17) is 0 Å². The minimum atomic E-state index is 0.0909. The van der Waals surface area contributed by atoms with Crippen LogP contribution in [-0.4, -0.2) is 43.9 Å². The van der Waals surface area contributed by atoms with Crippen LogP contribution in [0.25, 0.3) is 0 Å². The van der Waals surface area contributed by atoms with E-state index in [1.54, 1.807) is 0 Å². The van der Waals surface area contributed by atoms with Crippen molar-refractivity contribution in [2.75, 3.05) is 13.1 Å². The van der Waals surface area contributed by atoms with Gasteiger partial charge in [0, 0.05) is 31.2 Å². The number of amides is 1. The SMILES string of the molecule is CCn1nc(C(C)C)cc1C(=O)N1CCC[C@@H](c2cc(C)[nH]n2)C1. The summed E-state index contributed by atoms with van der Waals surface area (Å²) in [5, 5.41) is 12.0. The Bertz CT molecular complexity index is 715. The van der Waals surface area contributed by atoms with Gasteiger partial charge in [-0.05, 0) is 44.7 Å². The summed E-state index contributed by atoms with van der Waals surface area (Å²) in [6.45, 7) is 10.5. The second-order valence-electron chi connectivity index (χ2n) is 6.99. The van der Waals surface area contributed by atoms with Crippen LogP contribution in [0.3, 0.4) is 0 Å². The quantitative estimate of drug-likeness (QED) is 0.937. The minimum Gasteiger partial charge on any atom is -0.337 e. The highest BCUT2D eigenvalue weighted by atomic mass is 16.2. The maximum atomic E-state index is 13.0. The van der Waals surface area contributed by atoms with E-state index in [1.165, 1.54) is 0 Å². The number of aromatic amines is 1. The normalized spacial score (nSPS) is 18.4. The van der Waals surface area contributed by atoms with E-state index in [2.05, 4.69) is 35.2 Å². The fraction of sp³-hybridized carbons (Fsp3) is 0.611. The first-order chi connectivity index (χ1) is 11.5. The zero-order valence-corrected chi connectivity index (χ0v) is 15.0. The molecule has 0 unspecified atom stereocenters. The summed E-state index contributed by atoms with van der Waals surface area (Å²) in [7, 11) is 0. The first-order valence-electron chi connectivity index (χ1n) is 8.88. The van der Waals surface area contributed by atoms with E-state index < -0.39 is 0 Å². The van der Waals surface area contributed by atoms with Gasteiger partial charge in [-0.2, -0.15) is 10.2 Å². The number of aryl methyl sites for hydroxylation is 2.